The number of fused-ring (bicyclic) bond motifs is 2. The quantitative estimate of drug-likeness (QED) is 0.0104. The molecule has 23 atom stereocenters. The molecule has 0 aliphatic carbocycles. The molecule has 2 aromatic rings. The molecule has 2 bridgehead atoms. The van der Waals surface area contributed by atoms with Crippen molar-refractivity contribution >= 4 is 33.6 Å². The van der Waals surface area contributed by atoms with Gasteiger partial charge in [-0.3, -0.25) is 9.35 Å². The highest BCUT2D eigenvalue weighted by molar-refractivity contribution is 7.80. The standard InChI is InChI=1S/C81H144N4O22S2/c1-52-35-38-66(93)43-61(88)27-19-26-59(86)25-18-17-23-54(3)79(107-109(100,101)102)78(58(7)105-81(99)71-50-104-76(83-71)33-22-32-62(89)42-60(87)28-21-31-65(92)47-70(103-8)39-36-52)85-80(98)56(5)41-55(4)73(97)48-68(95)45-64(91)30-20-29-63(90)44-67(94)46-69(96)49-75-53(2)37-40-74(106-75)72-51-108-77(84-72)34-16-14-12-10-9-11-13-15-24-57(6)82/h36,39,41,50-55,57-70,73-75,78-79,86-97H,9-35,37-38,40,42-49,82H2,1-8H3,(H,85,98)(H,100,101,102)/b39-36+,56-41+/t52-,53-,54+,55-,57+,58+,59-,60+,61-,62-,63+,64-,65-,66+,67-,68+,69-,70+,73-,74-,75-,78-,79-/m0/s1. The maximum atomic E-state index is 14.3. The van der Waals surface area contributed by atoms with E-state index in [4.69, 9.17) is 33.5 Å². The Hall–Kier alpha value is -3.47. The third-order valence-corrected chi connectivity index (χ3v) is 23.2. The van der Waals surface area contributed by atoms with E-state index in [0.717, 1.165) is 49.1 Å². The molecule has 0 unspecified atom stereocenters. The minimum absolute atomic E-state index is 0.0201. The van der Waals surface area contributed by atoms with E-state index in [1.807, 2.05) is 19.1 Å². The first-order valence-corrected chi connectivity index (χ1v) is 43.4. The zero-order valence-electron chi connectivity index (χ0n) is 66.8. The number of nitrogens with one attached hydrogen (secondary N) is 1. The van der Waals surface area contributed by atoms with Crippen LogP contribution in [0, 0.1) is 23.7 Å². The van der Waals surface area contributed by atoms with Crippen LogP contribution in [0.5, 0.6) is 0 Å². The molecule has 4 heterocycles. The number of aliphatic hydroxyl groups excluding tert-OH is 12. The number of aromatic nitrogens is 2. The Balaban J connectivity index is 1.31. The van der Waals surface area contributed by atoms with Gasteiger partial charge in [0.05, 0.1) is 102 Å². The number of ether oxygens (including phenoxy) is 3. The number of methoxy groups -OCH3 is 1. The smallest absolute Gasteiger partial charge is 0.397 e. The van der Waals surface area contributed by atoms with Gasteiger partial charge in [-0.25, -0.2) is 18.9 Å². The van der Waals surface area contributed by atoms with E-state index in [-0.39, 0.29) is 124 Å². The van der Waals surface area contributed by atoms with Gasteiger partial charge in [0.25, 0.3) is 0 Å². The molecule has 16 N–H and O–H groups in total. The lowest BCUT2D eigenvalue weighted by atomic mass is 9.88. The molecule has 0 saturated carbocycles. The first-order valence-electron chi connectivity index (χ1n) is 41.2. The number of unbranched alkanes of at least 4 members (excludes halogenated alkanes) is 7. The molecule has 1 fully saturated rings. The summed E-state index contributed by atoms with van der Waals surface area (Å²) < 4.78 is 64.4. The Morgan fingerprint density at radius 2 is 1.21 bits per heavy atom. The number of nitrogens with two attached hydrogens (primary N) is 1. The van der Waals surface area contributed by atoms with Crippen LogP contribution in [-0.4, -0.2) is 213 Å². The van der Waals surface area contributed by atoms with Gasteiger partial charge >= 0.3 is 16.4 Å². The Bertz CT molecular complexity index is 2920. The summed E-state index contributed by atoms with van der Waals surface area (Å²) >= 11 is 1.68. The maximum absolute atomic E-state index is 14.3. The van der Waals surface area contributed by atoms with Crippen LogP contribution in [0.3, 0.4) is 0 Å². The Labute approximate surface area is 654 Å². The molecular formula is C81H144N4O22S2. The van der Waals surface area contributed by atoms with Crippen molar-refractivity contribution in [2.75, 3.05) is 7.11 Å². The van der Waals surface area contributed by atoms with Gasteiger partial charge in [-0.05, 0) is 212 Å². The van der Waals surface area contributed by atoms with Crippen molar-refractivity contribution in [2.24, 2.45) is 29.4 Å². The number of hydrogen-bond acceptors (Lipinski definition) is 25. The highest BCUT2D eigenvalue weighted by Gasteiger charge is 2.40. The zero-order valence-corrected chi connectivity index (χ0v) is 68.4. The fourth-order valence-corrected chi connectivity index (χ4v) is 16.4. The van der Waals surface area contributed by atoms with Crippen molar-refractivity contribution in [3.8, 4) is 0 Å². The average molecular weight is 1590 g/mol. The van der Waals surface area contributed by atoms with Gasteiger partial charge in [-0.1, -0.05) is 104 Å². The molecule has 26 nitrogen and oxygen atoms in total. The molecular weight excluding hydrogens is 1450 g/mol. The number of allylic oxidation sites excluding steroid dienone is 1. The molecule has 1 saturated heterocycles. The summed E-state index contributed by atoms with van der Waals surface area (Å²) in [4.78, 5) is 37.3. The summed E-state index contributed by atoms with van der Waals surface area (Å²) in [7, 11) is -3.68. The summed E-state index contributed by atoms with van der Waals surface area (Å²) in [5.41, 5.74) is 6.57. The number of nitrogens with zero attached hydrogens (tertiary/aromatic N) is 2. The number of carbonyl (C=O) groups is 2. The zero-order chi connectivity index (χ0) is 80.6. The number of thiazole rings is 1. The first-order chi connectivity index (χ1) is 51.7. The maximum Gasteiger partial charge on any atom is 0.397 e. The second kappa shape index (κ2) is 53.6. The molecule has 109 heavy (non-hydrogen) atoms. The number of cyclic esters (lactones) is 1. The summed E-state index contributed by atoms with van der Waals surface area (Å²) in [6, 6.07) is -1.19. The van der Waals surface area contributed by atoms with E-state index in [2.05, 4.69) is 29.5 Å². The number of hydrogen-bond donors (Lipinski definition) is 15. The highest BCUT2D eigenvalue weighted by atomic mass is 32.3. The van der Waals surface area contributed by atoms with E-state index in [1.165, 1.54) is 64.9 Å². The van der Waals surface area contributed by atoms with Gasteiger partial charge in [0.2, 0.25) is 5.91 Å². The number of aliphatic hydroxyl groups is 12. The normalized spacial score (nSPS) is 29.7. The molecule has 28 heteroatoms. The van der Waals surface area contributed by atoms with Gasteiger partial charge in [0.15, 0.2) is 11.6 Å². The lowest BCUT2D eigenvalue weighted by molar-refractivity contribution is -0.120. The highest BCUT2D eigenvalue weighted by Crippen LogP contribution is 2.38. The average Bonchev–Trinajstić information content (AvgIpc) is 1.78. The topological polar surface area (TPSA) is 445 Å². The third kappa shape index (κ3) is 42.6. The number of aryl methyl sites for hydroxylation is 2. The number of esters is 1. The lowest BCUT2D eigenvalue weighted by Gasteiger charge is -2.35. The van der Waals surface area contributed by atoms with E-state index in [1.54, 1.807) is 32.3 Å². The Morgan fingerprint density at radius 3 is 1.83 bits per heavy atom. The van der Waals surface area contributed by atoms with Crippen molar-refractivity contribution in [2.45, 2.75) is 408 Å². The van der Waals surface area contributed by atoms with Crippen LogP contribution in [0.25, 0.3) is 0 Å². The Morgan fingerprint density at radius 1 is 0.651 bits per heavy atom. The molecule has 2 aliphatic heterocycles. The fraction of sp³-hybridized carbons (Fsp3) is 0.852. The second-order valence-corrected chi connectivity index (χ2v) is 34.5. The van der Waals surface area contributed by atoms with Crippen molar-refractivity contribution in [1.29, 1.82) is 0 Å². The minimum atomic E-state index is -5.24. The van der Waals surface area contributed by atoms with E-state index in [9.17, 15) is 83.8 Å². The van der Waals surface area contributed by atoms with Crippen molar-refractivity contribution < 1.29 is 107 Å². The molecule has 632 valence electrons. The summed E-state index contributed by atoms with van der Waals surface area (Å²) in [6.45, 7) is 12.2. The largest absolute Gasteiger partial charge is 0.456 e. The molecule has 2 aliphatic rings. The van der Waals surface area contributed by atoms with Crippen molar-refractivity contribution in [3.63, 3.8) is 0 Å². The van der Waals surface area contributed by atoms with Crippen LogP contribution < -0.4 is 11.1 Å². The third-order valence-electron chi connectivity index (χ3n) is 21.8. The van der Waals surface area contributed by atoms with Crippen LogP contribution in [0.1, 0.15) is 313 Å². The predicted molar refractivity (Wildman–Crippen MR) is 419 cm³/mol. The van der Waals surface area contributed by atoms with Crippen LogP contribution in [0.15, 0.2) is 39.9 Å². The summed E-state index contributed by atoms with van der Waals surface area (Å²) in [6.07, 6.45) is 12.9. The fourth-order valence-electron chi connectivity index (χ4n) is 14.9. The van der Waals surface area contributed by atoms with E-state index in [0.29, 0.717) is 96.3 Å². The van der Waals surface area contributed by atoms with Crippen LogP contribution >= 0.6 is 11.3 Å². The van der Waals surface area contributed by atoms with Gasteiger partial charge < -0.3 is 91.0 Å². The van der Waals surface area contributed by atoms with Crippen molar-refractivity contribution in [3.05, 3.63) is 57.7 Å². The molecule has 0 radical (unpaired) electrons. The number of rotatable bonds is 33. The number of amides is 1. The monoisotopic (exact) mass is 1590 g/mol. The molecule has 0 spiro atoms. The van der Waals surface area contributed by atoms with Gasteiger partial charge in [0, 0.05) is 42.9 Å². The van der Waals surface area contributed by atoms with Gasteiger partial charge in [0.1, 0.15) is 24.6 Å². The van der Waals surface area contributed by atoms with Crippen LogP contribution in [-0.2, 0) is 46.4 Å². The minimum Gasteiger partial charge on any atom is -0.456 e. The SMILES string of the molecule is CO[C@@H]1/C=C/[C@@H](C)CC[C@@H](O)C[C@@H](O)CCC[C@@H](O)CCCC[C@@H](C)[C@H](OS(=O)(=O)O)[C@@H](NC(=O)/C(C)=C/[C@H](C)[C@@H](O)C[C@H](O)C[C@@H](O)CCC[C@@H](O)C[C@H](O)C[C@H](O)C[C@@H]2O[C@H](c3csc(CCCCCCCCCC[C@@H](C)N)n3)CC[C@@H]2C)[C@@H](C)OC(=O)c2coc(n2)CCC[C@H](O)C[C@H](O)CCC[C@H](O)C1. The number of carbonyl (C=O) groups excluding carboxylic acids is 2. The lowest BCUT2D eigenvalue weighted by Crippen LogP contribution is -2.55. The van der Waals surface area contributed by atoms with Gasteiger partial charge in [-0.2, -0.15) is 8.42 Å². The second-order valence-electron chi connectivity index (χ2n) is 32.5. The predicted octanol–water partition coefficient (Wildman–Crippen LogP) is 10.4. The molecule has 2 aromatic heterocycles. The summed E-state index contributed by atoms with van der Waals surface area (Å²) in [5.74, 6) is -2.94. The molecule has 0 aromatic carbocycles. The van der Waals surface area contributed by atoms with E-state index < -0.39 is 126 Å². The Kier molecular flexibility index (Phi) is 48.2. The number of oxazole rings is 1. The first kappa shape index (κ1) is 97.9. The molecule has 4 rings (SSSR count). The van der Waals surface area contributed by atoms with Gasteiger partial charge in [-0.15, -0.1) is 11.3 Å². The molecule has 1 amide bonds. The van der Waals surface area contributed by atoms with Crippen LogP contribution in [0.4, 0.5) is 0 Å². The van der Waals surface area contributed by atoms with Crippen LogP contribution in [0.2, 0.25) is 0 Å². The van der Waals surface area contributed by atoms with Crippen molar-refractivity contribution in [1.82, 2.24) is 15.3 Å². The summed E-state index contributed by atoms with van der Waals surface area (Å²) in [5, 5.41) is 137. The van der Waals surface area contributed by atoms with E-state index >= 15 is 0 Å².